The quantitative estimate of drug-likeness (QED) is 0.904. The van der Waals surface area contributed by atoms with Gasteiger partial charge in [0.25, 0.3) is 5.91 Å². The lowest BCUT2D eigenvalue weighted by Gasteiger charge is -2.32. The molecule has 4 nitrogen and oxygen atoms in total. The number of carbonyl (C=O) groups excluding carboxylic acids is 1. The number of likely N-dealkylation sites (tertiary alicyclic amines) is 1. The zero-order valence-corrected chi connectivity index (χ0v) is 13.1. The van der Waals surface area contributed by atoms with Crippen molar-refractivity contribution in [1.29, 1.82) is 0 Å². The molecule has 1 aromatic rings. The van der Waals surface area contributed by atoms with Crippen LogP contribution in [-0.4, -0.2) is 42.6 Å². The Morgan fingerprint density at radius 3 is 2.68 bits per heavy atom. The molecule has 1 aromatic carbocycles. The zero-order chi connectivity index (χ0) is 15.5. The van der Waals surface area contributed by atoms with E-state index >= 15 is 0 Å². The molecule has 120 valence electrons. The Morgan fingerprint density at radius 2 is 2.05 bits per heavy atom. The summed E-state index contributed by atoms with van der Waals surface area (Å²) in [6.45, 7) is 2.01. The number of hydrogen-bond acceptors (Lipinski definition) is 3. The third-order valence-corrected chi connectivity index (χ3v) is 4.51. The number of nitrogens with zero attached hydrogens (tertiary/aromatic N) is 1. The maximum Gasteiger partial charge on any atom is 0.258 e. The fourth-order valence-corrected chi connectivity index (χ4v) is 3.08. The van der Waals surface area contributed by atoms with Crippen LogP contribution in [0.1, 0.15) is 25.7 Å². The van der Waals surface area contributed by atoms with Gasteiger partial charge >= 0.3 is 0 Å². The maximum absolute atomic E-state index is 12.9. The van der Waals surface area contributed by atoms with Crippen LogP contribution in [0.25, 0.3) is 0 Å². The van der Waals surface area contributed by atoms with Gasteiger partial charge in [0.2, 0.25) is 0 Å². The van der Waals surface area contributed by atoms with Gasteiger partial charge in [-0.25, -0.2) is 4.39 Å². The van der Waals surface area contributed by atoms with E-state index in [2.05, 4.69) is 10.2 Å². The average Bonchev–Trinajstić information content (AvgIpc) is 3.32. The minimum atomic E-state index is -0.427. The standard InChI is InChI=1S/C16H20ClFN2O2/c17-14-9-11(18)1-4-15(14)22-10-16(21)19-12-5-7-20(8-6-12)13-2-3-13/h1,4,9,12-13H,2-3,5-8,10H2,(H,19,21). The fraction of sp³-hybridized carbons (Fsp3) is 0.562. The molecule has 1 aliphatic carbocycles. The van der Waals surface area contributed by atoms with E-state index in [-0.39, 0.29) is 23.6 Å². The van der Waals surface area contributed by atoms with Gasteiger partial charge in [0.1, 0.15) is 11.6 Å². The van der Waals surface area contributed by atoms with Gasteiger partial charge in [0.05, 0.1) is 5.02 Å². The van der Waals surface area contributed by atoms with Gasteiger partial charge < -0.3 is 15.0 Å². The van der Waals surface area contributed by atoms with Crippen LogP contribution in [0, 0.1) is 5.82 Å². The second kappa shape index (κ2) is 6.84. The van der Waals surface area contributed by atoms with Crippen molar-refractivity contribution in [3.63, 3.8) is 0 Å². The van der Waals surface area contributed by atoms with Crippen molar-refractivity contribution in [2.24, 2.45) is 0 Å². The number of nitrogens with one attached hydrogen (secondary N) is 1. The Labute approximate surface area is 134 Å². The van der Waals surface area contributed by atoms with E-state index in [4.69, 9.17) is 16.3 Å². The highest BCUT2D eigenvalue weighted by Crippen LogP contribution is 2.29. The Balaban J connectivity index is 1.40. The predicted molar refractivity (Wildman–Crippen MR) is 82.7 cm³/mol. The number of amides is 1. The first-order chi connectivity index (χ1) is 10.6. The first-order valence-corrected chi connectivity index (χ1v) is 8.11. The number of rotatable bonds is 5. The highest BCUT2D eigenvalue weighted by molar-refractivity contribution is 6.32. The van der Waals surface area contributed by atoms with Crippen LogP contribution in [0.5, 0.6) is 5.75 Å². The summed E-state index contributed by atoms with van der Waals surface area (Å²) < 4.78 is 18.3. The molecular weight excluding hydrogens is 307 g/mol. The SMILES string of the molecule is O=C(COc1ccc(F)cc1Cl)NC1CCN(C2CC2)CC1. The third-order valence-electron chi connectivity index (χ3n) is 4.21. The second-order valence-electron chi connectivity index (χ2n) is 5.97. The number of carbonyl (C=O) groups is 1. The lowest BCUT2D eigenvalue weighted by Crippen LogP contribution is -2.46. The molecule has 6 heteroatoms. The monoisotopic (exact) mass is 326 g/mol. The van der Waals surface area contributed by atoms with Crippen molar-refractivity contribution >= 4 is 17.5 Å². The van der Waals surface area contributed by atoms with Crippen molar-refractivity contribution in [2.75, 3.05) is 19.7 Å². The molecule has 1 amide bonds. The van der Waals surface area contributed by atoms with Gasteiger partial charge in [0.15, 0.2) is 6.61 Å². The van der Waals surface area contributed by atoms with E-state index in [9.17, 15) is 9.18 Å². The molecule has 1 saturated heterocycles. The van der Waals surface area contributed by atoms with Crippen molar-refractivity contribution in [1.82, 2.24) is 10.2 Å². The van der Waals surface area contributed by atoms with E-state index in [1.54, 1.807) is 0 Å². The number of piperidine rings is 1. The lowest BCUT2D eigenvalue weighted by atomic mass is 10.0. The molecule has 0 aromatic heterocycles. The van der Waals surface area contributed by atoms with Crippen LogP contribution in [0.2, 0.25) is 5.02 Å². The van der Waals surface area contributed by atoms with Gasteiger partial charge in [0, 0.05) is 25.2 Å². The predicted octanol–water partition coefficient (Wildman–Crippen LogP) is 2.60. The highest BCUT2D eigenvalue weighted by atomic mass is 35.5. The Hall–Kier alpha value is -1.33. The number of hydrogen-bond donors (Lipinski definition) is 1. The minimum Gasteiger partial charge on any atom is -0.482 e. The molecule has 2 aliphatic rings. The summed E-state index contributed by atoms with van der Waals surface area (Å²) in [4.78, 5) is 14.4. The molecule has 1 saturated carbocycles. The van der Waals surface area contributed by atoms with E-state index in [0.717, 1.165) is 32.0 Å². The molecule has 22 heavy (non-hydrogen) atoms. The largest absolute Gasteiger partial charge is 0.482 e. The average molecular weight is 327 g/mol. The van der Waals surface area contributed by atoms with Crippen molar-refractivity contribution < 1.29 is 13.9 Å². The second-order valence-corrected chi connectivity index (χ2v) is 6.38. The summed E-state index contributed by atoms with van der Waals surface area (Å²) in [7, 11) is 0. The fourth-order valence-electron chi connectivity index (χ4n) is 2.85. The molecule has 0 radical (unpaired) electrons. The van der Waals surface area contributed by atoms with Crippen molar-refractivity contribution in [2.45, 2.75) is 37.8 Å². The summed E-state index contributed by atoms with van der Waals surface area (Å²) in [6.07, 6.45) is 4.62. The van der Waals surface area contributed by atoms with Crippen molar-refractivity contribution in [3.8, 4) is 5.75 Å². The topological polar surface area (TPSA) is 41.6 Å². The van der Waals surface area contributed by atoms with Crippen LogP contribution in [-0.2, 0) is 4.79 Å². The van der Waals surface area contributed by atoms with Gasteiger partial charge in [-0.2, -0.15) is 0 Å². The Bertz CT molecular complexity index is 543. The van der Waals surface area contributed by atoms with Gasteiger partial charge in [-0.05, 0) is 43.9 Å². The molecule has 0 atom stereocenters. The van der Waals surface area contributed by atoms with Crippen LogP contribution in [0.3, 0.4) is 0 Å². The van der Waals surface area contributed by atoms with Crippen LogP contribution >= 0.6 is 11.6 Å². The molecule has 1 aliphatic heterocycles. The first kappa shape index (κ1) is 15.6. The normalized spacial score (nSPS) is 19.9. The smallest absolute Gasteiger partial charge is 0.258 e. The molecule has 0 unspecified atom stereocenters. The molecular formula is C16H20ClFN2O2. The molecule has 0 bridgehead atoms. The number of benzene rings is 1. The molecule has 1 N–H and O–H groups in total. The minimum absolute atomic E-state index is 0.103. The van der Waals surface area contributed by atoms with E-state index < -0.39 is 5.82 Å². The Morgan fingerprint density at radius 1 is 1.32 bits per heavy atom. The van der Waals surface area contributed by atoms with E-state index in [0.29, 0.717) is 5.75 Å². The third kappa shape index (κ3) is 4.11. The van der Waals surface area contributed by atoms with Gasteiger partial charge in [-0.3, -0.25) is 4.79 Å². The first-order valence-electron chi connectivity index (χ1n) is 7.73. The summed E-state index contributed by atoms with van der Waals surface area (Å²) in [5.41, 5.74) is 0. The summed E-state index contributed by atoms with van der Waals surface area (Å²) in [6, 6.07) is 4.86. The highest BCUT2D eigenvalue weighted by Gasteiger charge is 2.32. The van der Waals surface area contributed by atoms with Crippen LogP contribution in [0.15, 0.2) is 18.2 Å². The maximum atomic E-state index is 12.9. The summed E-state index contributed by atoms with van der Waals surface area (Å²) in [5.74, 6) is -0.267. The van der Waals surface area contributed by atoms with Crippen molar-refractivity contribution in [3.05, 3.63) is 29.0 Å². The summed E-state index contributed by atoms with van der Waals surface area (Å²) >= 11 is 5.85. The molecule has 2 fully saturated rings. The lowest BCUT2D eigenvalue weighted by molar-refractivity contribution is -0.124. The number of ether oxygens (including phenoxy) is 1. The van der Waals surface area contributed by atoms with E-state index in [1.165, 1.54) is 31.0 Å². The molecule has 3 rings (SSSR count). The van der Waals surface area contributed by atoms with E-state index in [1.807, 2.05) is 0 Å². The molecule has 1 heterocycles. The van der Waals surface area contributed by atoms with Crippen LogP contribution < -0.4 is 10.1 Å². The van der Waals surface area contributed by atoms with Gasteiger partial charge in [-0.1, -0.05) is 11.6 Å². The summed E-state index contributed by atoms with van der Waals surface area (Å²) in [5, 5.41) is 3.16. The zero-order valence-electron chi connectivity index (χ0n) is 12.4. The Kier molecular flexibility index (Phi) is 4.84. The van der Waals surface area contributed by atoms with Gasteiger partial charge in [-0.15, -0.1) is 0 Å². The number of halogens is 2. The molecule has 0 spiro atoms. The van der Waals surface area contributed by atoms with Crippen LogP contribution in [0.4, 0.5) is 4.39 Å².